The van der Waals surface area contributed by atoms with E-state index in [1.54, 1.807) is 0 Å². The number of piperazine rings is 1. The summed E-state index contributed by atoms with van der Waals surface area (Å²) in [5.74, 6) is -1.000. The molecule has 0 unspecified atom stereocenters. The summed E-state index contributed by atoms with van der Waals surface area (Å²) < 4.78 is 0. The van der Waals surface area contributed by atoms with Gasteiger partial charge in [0.15, 0.2) is 0 Å². The minimum atomic E-state index is -1.000. The molecular weight excluding hydrogens is 488 g/mol. The van der Waals surface area contributed by atoms with Gasteiger partial charge in [0.2, 0.25) is 0 Å². The Kier molecular flexibility index (Phi) is 7.92. The number of amides is 2. The fourth-order valence-corrected chi connectivity index (χ4v) is 4.83. The number of aliphatic carboxylic acids is 1. The molecule has 3 N–H and O–H groups in total. The predicted octanol–water partition coefficient (Wildman–Crippen LogP) is 5.01. The Morgan fingerprint density at radius 1 is 1.11 bits per heavy atom. The van der Waals surface area contributed by atoms with Crippen LogP contribution >= 0.6 is 11.6 Å². The Labute approximate surface area is 221 Å². The van der Waals surface area contributed by atoms with E-state index in [0.717, 1.165) is 33.4 Å². The highest BCUT2D eigenvalue weighted by atomic mass is 35.5. The van der Waals surface area contributed by atoms with E-state index < -0.39 is 18.0 Å². The van der Waals surface area contributed by atoms with Crippen LogP contribution in [-0.4, -0.2) is 52.6 Å². The maximum absolute atomic E-state index is 11.8. The van der Waals surface area contributed by atoms with Crippen molar-refractivity contribution in [2.24, 2.45) is 5.73 Å². The number of halogens is 1. The fourth-order valence-electron chi connectivity index (χ4n) is 4.58. The van der Waals surface area contributed by atoms with Crippen molar-refractivity contribution < 1.29 is 14.7 Å². The van der Waals surface area contributed by atoms with Gasteiger partial charge in [-0.3, -0.25) is 9.69 Å². The quantitative estimate of drug-likeness (QED) is 0.449. The monoisotopic (exact) mass is 514 g/mol. The Morgan fingerprint density at radius 2 is 1.84 bits per heavy atom. The minimum Gasteiger partial charge on any atom is -0.480 e. The third-order valence-corrected chi connectivity index (χ3v) is 6.98. The van der Waals surface area contributed by atoms with E-state index in [-0.39, 0.29) is 6.54 Å². The largest absolute Gasteiger partial charge is 0.480 e. The maximum Gasteiger partial charge on any atom is 0.322 e. The van der Waals surface area contributed by atoms with Crippen molar-refractivity contribution in [1.82, 2.24) is 9.80 Å². The summed E-state index contributed by atoms with van der Waals surface area (Å²) in [6, 6.07) is 20.2. The SMILES string of the molecule is Cc1cc(/C=C/c2cccc(-c3ccccc3)c2C#N)c(Cl)cc1CN1CCN(C(N)=O)C[C@H]1C(=O)O. The van der Waals surface area contributed by atoms with Gasteiger partial charge in [0.25, 0.3) is 0 Å². The molecule has 3 aromatic rings. The smallest absolute Gasteiger partial charge is 0.322 e. The van der Waals surface area contributed by atoms with Crippen LogP contribution in [0.5, 0.6) is 0 Å². The molecule has 4 rings (SSSR count). The first-order valence-corrected chi connectivity index (χ1v) is 12.2. The second-order valence-electron chi connectivity index (χ2n) is 8.99. The molecule has 1 atom stereocenters. The molecule has 7 nitrogen and oxygen atoms in total. The number of rotatable bonds is 6. The lowest BCUT2D eigenvalue weighted by Gasteiger charge is -2.38. The van der Waals surface area contributed by atoms with Crippen LogP contribution in [0.2, 0.25) is 5.02 Å². The summed E-state index contributed by atoms with van der Waals surface area (Å²) in [6.45, 7) is 3.15. The van der Waals surface area contributed by atoms with Crippen molar-refractivity contribution in [2.75, 3.05) is 19.6 Å². The Morgan fingerprint density at radius 3 is 2.51 bits per heavy atom. The molecule has 0 bridgehead atoms. The van der Waals surface area contributed by atoms with Crippen molar-refractivity contribution >= 4 is 35.8 Å². The van der Waals surface area contributed by atoms with Crippen LogP contribution in [0.1, 0.15) is 27.8 Å². The minimum absolute atomic E-state index is 0.0432. The van der Waals surface area contributed by atoms with Gasteiger partial charge in [0, 0.05) is 36.8 Å². The van der Waals surface area contributed by atoms with E-state index in [1.807, 2.05) is 84.6 Å². The van der Waals surface area contributed by atoms with Gasteiger partial charge in [-0.05, 0) is 40.8 Å². The van der Waals surface area contributed by atoms with E-state index in [1.165, 1.54) is 4.90 Å². The van der Waals surface area contributed by atoms with Crippen molar-refractivity contribution in [3.63, 3.8) is 0 Å². The zero-order valence-corrected chi connectivity index (χ0v) is 21.2. The Balaban J connectivity index is 1.57. The zero-order valence-electron chi connectivity index (χ0n) is 20.4. The number of carbonyl (C=O) groups is 2. The zero-order chi connectivity index (χ0) is 26.5. The van der Waals surface area contributed by atoms with Crippen LogP contribution in [0.15, 0.2) is 60.7 Å². The number of benzene rings is 3. The van der Waals surface area contributed by atoms with Gasteiger partial charge in [-0.25, -0.2) is 4.79 Å². The lowest BCUT2D eigenvalue weighted by atomic mass is 9.95. The Hall–Kier alpha value is -4.12. The second kappa shape index (κ2) is 11.3. The van der Waals surface area contributed by atoms with Gasteiger partial charge in [-0.1, -0.05) is 78.4 Å². The molecular formula is C29H27ClN4O3. The van der Waals surface area contributed by atoms with Gasteiger partial charge < -0.3 is 15.7 Å². The molecule has 1 fully saturated rings. The summed E-state index contributed by atoms with van der Waals surface area (Å²) in [5.41, 5.74) is 11.2. The normalized spacial score (nSPS) is 16.0. The number of carboxylic acids is 1. The molecule has 1 heterocycles. The molecule has 1 saturated heterocycles. The van der Waals surface area contributed by atoms with E-state index in [4.69, 9.17) is 17.3 Å². The first kappa shape index (κ1) is 26.0. The molecule has 188 valence electrons. The first-order chi connectivity index (χ1) is 17.8. The third kappa shape index (κ3) is 5.83. The van der Waals surface area contributed by atoms with E-state index >= 15 is 0 Å². The Bertz CT molecular complexity index is 1400. The number of hydrogen-bond donors (Lipinski definition) is 2. The number of urea groups is 1. The number of nitrogens with two attached hydrogens (primary N) is 1. The van der Waals surface area contributed by atoms with E-state index in [0.29, 0.717) is 30.2 Å². The molecule has 0 saturated carbocycles. The highest BCUT2D eigenvalue weighted by molar-refractivity contribution is 6.32. The van der Waals surface area contributed by atoms with Crippen LogP contribution in [-0.2, 0) is 11.3 Å². The number of hydrogen-bond acceptors (Lipinski definition) is 4. The van der Waals surface area contributed by atoms with Crippen LogP contribution in [0.25, 0.3) is 23.3 Å². The topological polar surface area (TPSA) is 111 Å². The number of nitriles is 1. The standard InChI is InChI=1S/C29H27ClN4O3/c1-19-14-22(11-10-21-8-5-9-24(25(21)16-31)20-6-3-2-4-7-20)26(30)15-23(19)17-33-12-13-34(29(32)37)18-27(33)28(35)36/h2-11,14-15,27H,12-13,17-18H2,1H3,(H2,32,37)(H,35,36)/b11-10+/t27-/m0/s1. The number of carbonyl (C=O) groups excluding carboxylic acids is 1. The van der Waals surface area contributed by atoms with Gasteiger partial charge in [-0.2, -0.15) is 5.26 Å². The summed E-state index contributed by atoms with van der Waals surface area (Å²) in [6.07, 6.45) is 3.77. The summed E-state index contributed by atoms with van der Waals surface area (Å²) in [5, 5.41) is 20.1. The molecule has 0 aliphatic carbocycles. The van der Waals surface area contributed by atoms with Crippen molar-refractivity contribution in [2.45, 2.75) is 19.5 Å². The van der Waals surface area contributed by atoms with Crippen molar-refractivity contribution in [1.29, 1.82) is 5.26 Å². The molecule has 1 aliphatic heterocycles. The number of nitrogens with zero attached hydrogens (tertiary/aromatic N) is 3. The third-order valence-electron chi connectivity index (χ3n) is 6.65. The summed E-state index contributed by atoms with van der Waals surface area (Å²) >= 11 is 6.63. The average molecular weight is 515 g/mol. The number of aryl methyl sites for hydroxylation is 1. The van der Waals surface area contributed by atoms with Crippen molar-refractivity contribution in [3.8, 4) is 17.2 Å². The maximum atomic E-state index is 11.8. The molecule has 2 amide bonds. The lowest BCUT2D eigenvalue weighted by Crippen LogP contribution is -2.58. The summed E-state index contributed by atoms with van der Waals surface area (Å²) in [7, 11) is 0. The molecule has 8 heteroatoms. The summed E-state index contributed by atoms with van der Waals surface area (Å²) in [4.78, 5) is 26.5. The van der Waals surface area contributed by atoms with Crippen LogP contribution in [0, 0.1) is 18.3 Å². The van der Waals surface area contributed by atoms with Crippen LogP contribution in [0.4, 0.5) is 4.79 Å². The molecule has 1 aliphatic rings. The molecule has 0 spiro atoms. The lowest BCUT2D eigenvalue weighted by molar-refractivity contribution is -0.145. The van der Waals surface area contributed by atoms with Gasteiger partial charge in [0.1, 0.15) is 12.1 Å². The van der Waals surface area contributed by atoms with Crippen molar-refractivity contribution in [3.05, 3.63) is 93.5 Å². The highest BCUT2D eigenvalue weighted by Gasteiger charge is 2.33. The highest BCUT2D eigenvalue weighted by Crippen LogP contribution is 2.29. The van der Waals surface area contributed by atoms with Gasteiger partial charge in [-0.15, -0.1) is 0 Å². The fraction of sp³-hybridized carbons (Fsp3) is 0.207. The van der Waals surface area contributed by atoms with Crippen LogP contribution < -0.4 is 5.73 Å². The number of primary amides is 1. The molecule has 37 heavy (non-hydrogen) atoms. The second-order valence-corrected chi connectivity index (χ2v) is 9.40. The average Bonchev–Trinajstić information content (AvgIpc) is 2.89. The van der Waals surface area contributed by atoms with E-state index in [9.17, 15) is 20.0 Å². The van der Waals surface area contributed by atoms with E-state index in [2.05, 4.69) is 6.07 Å². The molecule has 0 radical (unpaired) electrons. The van der Waals surface area contributed by atoms with Gasteiger partial charge in [0.05, 0.1) is 5.56 Å². The van der Waals surface area contributed by atoms with Gasteiger partial charge >= 0.3 is 12.0 Å². The molecule has 3 aromatic carbocycles. The molecule has 0 aromatic heterocycles. The number of carboxylic acid groups (broad SMARTS) is 1. The predicted molar refractivity (Wildman–Crippen MR) is 145 cm³/mol. The first-order valence-electron chi connectivity index (χ1n) is 11.9. The van der Waals surface area contributed by atoms with Crippen LogP contribution in [0.3, 0.4) is 0 Å².